The fourth-order valence-electron chi connectivity index (χ4n) is 2.87. The number of aromatic nitrogens is 6. The van der Waals surface area contributed by atoms with Crippen LogP contribution in [-0.4, -0.2) is 55.8 Å². The predicted octanol–water partition coefficient (Wildman–Crippen LogP) is 3.68. The number of nitrogens with zero attached hydrogens (tertiary/aromatic N) is 6. The van der Waals surface area contributed by atoms with Crippen molar-refractivity contribution in [1.82, 2.24) is 29.5 Å². The summed E-state index contributed by atoms with van der Waals surface area (Å²) in [5.74, 6) is 0. The van der Waals surface area contributed by atoms with Gasteiger partial charge in [0, 0.05) is 0 Å². The molecule has 2 aromatic carbocycles. The van der Waals surface area contributed by atoms with Crippen LogP contribution in [0.3, 0.4) is 0 Å². The van der Waals surface area contributed by atoms with Gasteiger partial charge in [-0.25, -0.2) is 0 Å². The van der Waals surface area contributed by atoms with Crippen LogP contribution < -0.4 is 0 Å². The summed E-state index contributed by atoms with van der Waals surface area (Å²) in [4.78, 5) is 8.95. The molecule has 0 spiro atoms. The maximum absolute atomic E-state index is 6.11. The molecule has 6 nitrogen and oxygen atoms in total. The van der Waals surface area contributed by atoms with E-state index in [4.69, 9.17) is 23.2 Å². The van der Waals surface area contributed by atoms with Crippen LogP contribution in [0.15, 0.2) is 73.8 Å². The SMILES string of the molecule is Clc1ccc(C(Cn2cncn2)[Se][Se]C(Cn2cncn2)c2ccc(Cl)cc2)cc1. The molecule has 0 aliphatic carbocycles. The number of hydrogen-bond donors (Lipinski definition) is 0. The molecule has 2 aromatic heterocycles. The molecule has 2 unspecified atom stereocenters. The van der Waals surface area contributed by atoms with E-state index in [-0.39, 0.29) is 0 Å². The van der Waals surface area contributed by atoms with Crippen LogP contribution in [0, 0.1) is 0 Å². The molecule has 4 aromatic rings. The zero-order chi connectivity index (χ0) is 20.8. The van der Waals surface area contributed by atoms with Gasteiger partial charge in [-0.3, -0.25) is 0 Å². The van der Waals surface area contributed by atoms with Crippen molar-refractivity contribution >= 4 is 49.5 Å². The Hall–Kier alpha value is -1.66. The molecule has 4 rings (SSSR count). The average molecular weight is 571 g/mol. The van der Waals surface area contributed by atoms with Crippen LogP contribution >= 0.6 is 23.2 Å². The Kier molecular flexibility index (Phi) is 7.61. The van der Waals surface area contributed by atoms with E-state index in [1.54, 1.807) is 25.3 Å². The van der Waals surface area contributed by atoms with Crippen molar-refractivity contribution in [3.05, 3.63) is 95.0 Å². The van der Waals surface area contributed by atoms with Gasteiger partial charge in [0.2, 0.25) is 0 Å². The van der Waals surface area contributed by atoms with Crippen LogP contribution in [0.5, 0.6) is 0 Å². The van der Waals surface area contributed by atoms with Crippen molar-refractivity contribution in [2.24, 2.45) is 0 Å². The molecule has 0 radical (unpaired) electrons. The molecule has 0 bridgehead atoms. The summed E-state index contributed by atoms with van der Waals surface area (Å²) >= 11 is 12.9. The zero-order valence-electron chi connectivity index (χ0n) is 15.8. The van der Waals surface area contributed by atoms with E-state index in [2.05, 4.69) is 44.4 Å². The first-order valence-electron chi connectivity index (χ1n) is 9.15. The molecule has 0 amide bonds. The third-order valence-electron chi connectivity index (χ3n) is 4.41. The Balaban J connectivity index is 1.54. The summed E-state index contributed by atoms with van der Waals surface area (Å²) in [6.07, 6.45) is 6.72. The third-order valence-corrected chi connectivity index (χ3v) is 14.2. The fraction of sp³-hybridized carbons (Fsp3) is 0.200. The van der Waals surface area contributed by atoms with Crippen LogP contribution in [0.1, 0.15) is 20.8 Å². The average Bonchev–Trinajstić information content (AvgIpc) is 3.46. The summed E-state index contributed by atoms with van der Waals surface area (Å²) in [7, 11) is 0. The van der Waals surface area contributed by atoms with E-state index in [1.165, 1.54) is 11.1 Å². The van der Waals surface area contributed by atoms with E-state index in [9.17, 15) is 0 Å². The quantitative estimate of drug-likeness (QED) is 0.288. The van der Waals surface area contributed by atoms with Crippen molar-refractivity contribution < 1.29 is 0 Å². The molecule has 0 N–H and O–H groups in total. The maximum atomic E-state index is 6.11. The summed E-state index contributed by atoms with van der Waals surface area (Å²) in [5.41, 5.74) is 2.57. The number of hydrogen-bond acceptors (Lipinski definition) is 4. The number of rotatable bonds is 9. The standard InChI is InChI=1S/C20H18Cl2N6Se2/c21-17-5-1-15(2-6-17)19(9-27-13-23-11-25-27)29-30-20(10-28-14-24-12-26-28)16-3-7-18(22)8-4-16/h1-8,11-14,19-20H,9-10H2. The molecule has 0 saturated heterocycles. The van der Waals surface area contributed by atoms with Crippen molar-refractivity contribution in [2.45, 2.75) is 22.7 Å². The monoisotopic (exact) mass is 572 g/mol. The van der Waals surface area contributed by atoms with Crippen LogP contribution in [-0.2, 0) is 13.1 Å². The molecule has 30 heavy (non-hydrogen) atoms. The number of halogens is 2. The van der Waals surface area contributed by atoms with E-state index in [1.807, 2.05) is 33.6 Å². The van der Waals surface area contributed by atoms with E-state index >= 15 is 0 Å². The molecular weight excluding hydrogens is 553 g/mol. The zero-order valence-corrected chi connectivity index (χ0v) is 20.7. The Morgan fingerprint density at radius 3 is 1.40 bits per heavy atom. The second-order valence-corrected chi connectivity index (χ2v) is 14.8. The molecule has 0 aliphatic rings. The molecule has 0 aliphatic heterocycles. The Morgan fingerprint density at radius 1 is 0.667 bits per heavy atom. The van der Waals surface area contributed by atoms with Gasteiger partial charge in [0.25, 0.3) is 0 Å². The van der Waals surface area contributed by atoms with Crippen molar-refractivity contribution in [3.63, 3.8) is 0 Å². The second kappa shape index (κ2) is 10.6. The van der Waals surface area contributed by atoms with E-state index in [0.717, 1.165) is 23.1 Å². The van der Waals surface area contributed by atoms with Gasteiger partial charge in [-0.2, -0.15) is 0 Å². The number of benzene rings is 2. The minimum absolute atomic E-state index is 0.359. The van der Waals surface area contributed by atoms with Crippen molar-refractivity contribution in [1.29, 1.82) is 0 Å². The molecule has 2 heterocycles. The summed E-state index contributed by atoms with van der Waals surface area (Å²) in [6.45, 7) is 1.61. The summed E-state index contributed by atoms with van der Waals surface area (Å²) in [6, 6.07) is 16.3. The van der Waals surface area contributed by atoms with Crippen LogP contribution in [0.4, 0.5) is 0 Å². The van der Waals surface area contributed by atoms with Gasteiger partial charge >= 0.3 is 197 Å². The van der Waals surface area contributed by atoms with Gasteiger partial charge in [-0.15, -0.1) is 0 Å². The Morgan fingerprint density at radius 2 is 1.07 bits per heavy atom. The predicted molar refractivity (Wildman–Crippen MR) is 120 cm³/mol. The van der Waals surface area contributed by atoms with E-state index < -0.39 is 0 Å². The van der Waals surface area contributed by atoms with E-state index in [0.29, 0.717) is 35.9 Å². The summed E-state index contributed by atoms with van der Waals surface area (Å²) < 4.78 is 3.82. The molecule has 0 fully saturated rings. The Labute approximate surface area is 195 Å². The first-order valence-corrected chi connectivity index (χ1v) is 16.2. The van der Waals surface area contributed by atoms with Gasteiger partial charge in [-0.1, -0.05) is 0 Å². The molecule has 2 atom stereocenters. The normalized spacial score (nSPS) is 13.3. The molecule has 10 heteroatoms. The first-order chi connectivity index (χ1) is 14.7. The van der Waals surface area contributed by atoms with Gasteiger partial charge in [0.15, 0.2) is 0 Å². The molecular formula is C20H18Cl2N6Se2. The Bertz CT molecular complexity index is 939. The molecule has 0 saturated carbocycles. The first kappa shape index (κ1) is 21.6. The topological polar surface area (TPSA) is 61.4 Å². The minimum atomic E-state index is 0.359. The summed E-state index contributed by atoms with van der Waals surface area (Å²) in [5, 5.41) is 10.1. The van der Waals surface area contributed by atoms with Gasteiger partial charge in [0.05, 0.1) is 0 Å². The van der Waals surface area contributed by atoms with Gasteiger partial charge in [0.1, 0.15) is 0 Å². The van der Waals surface area contributed by atoms with Gasteiger partial charge < -0.3 is 0 Å². The molecule has 154 valence electrons. The van der Waals surface area contributed by atoms with Gasteiger partial charge in [-0.05, 0) is 0 Å². The van der Waals surface area contributed by atoms with Crippen molar-refractivity contribution in [3.8, 4) is 0 Å². The fourth-order valence-corrected chi connectivity index (χ4v) is 12.4. The van der Waals surface area contributed by atoms with Crippen LogP contribution in [0.2, 0.25) is 10.0 Å². The van der Waals surface area contributed by atoms with Crippen molar-refractivity contribution in [2.75, 3.05) is 0 Å². The van der Waals surface area contributed by atoms with Crippen LogP contribution in [0.25, 0.3) is 0 Å². The second-order valence-electron chi connectivity index (χ2n) is 6.51. The third kappa shape index (κ3) is 5.94.